The third-order valence-corrected chi connectivity index (χ3v) is 5.04. The highest BCUT2D eigenvalue weighted by molar-refractivity contribution is 7.98. The van der Waals surface area contributed by atoms with Crippen LogP contribution < -0.4 is 14.8 Å². The highest BCUT2D eigenvalue weighted by Gasteiger charge is 2.27. The molecule has 1 aliphatic rings. The van der Waals surface area contributed by atoms with E-state index in [1.54, 1.807) is 0 Å². The maximum absolute atomic E-state index is 11.0. The third kappa shape index (κ3) is 3.81. The summed E-state index contributed by atoms with van der Waals surface area (Å²) < 4.78 is 17.2. The molecule has 3 aromatic rings. The Balaban J connectivity index is 1.36. The number of anilines is 1. The van der Waals surface area contributed by atoms with Crippen molar-refractivity contribution in [3.05, 3.63) is 41.2 Å². The fourth-order valence-electron chi connectivity index (χ4n) is 2.27. The molecule has 4 rings (SSSR count). The first kappa shape index (κ1) is 16.9. The summed E-state index contributed by atoms with van der Waals surface area (Å²) in [6.07, 6.45) is -0.433. The van der Waals surface area contributed by atoms with Crippen molar-refractivity contribution in [2.24, 2.45) is 0 Å². The molecule has 1 atom stereocenters. The van der Waals surface area contributed by atoms with Gasteiger partial charge in [0.1, 0.15) is 6.61 Å². The van der Waals surface area contributed by atoms with Crippen LogP contribution in [0, 0.1) is 0 Å². The van der Waals surface area contributed by atoms with Gasteiger partial charge in [-0.25, -0.2) is 4.98 Å². The summed E-state index contributed by atoms with van der Waals surface area (Å²) in [7, 11) is 0. The Bertz CT molecular complexity index is 926. The number of hydrogen-bond donors (Lipinski definition) is 1. The normalized spacial score (nSPS) is 15.7. The van der Waals surface area contributed by atoms with Crippen molar-refractivity contribution in [3.8, 4) is 11.5 Å². The summed E-state index contributed by atoms with van der Waals surface area (Å²) >= 11 is 2.75. The lowest BCUT2D eigenvalue weighted by molar-refractivity contribution is -0.114. The Morgan fingerprint density at radius 3 is 3.04 bits per heavy atom. The van der Waals surface area contributed by atoms with Crippen molar-refractivity contribution < 1.29 is 18.7 Å². The zero-order valence-electron chi connectivity index (χ0n) is 13.7. The Kier molecular flexibility index (Phi) is 4.76. The number of hydrogen-bond acceptors (Lipinski definition) is 9. The van der Waals surface area contributed by atoms with Gasteiger partial charge in [0.05, 0.1) is 5.69 Å². The Morgan fingerprint density at radius 1 is 1.35 bits per heavy atom. The highest BCUT2D eigenvalue weighted by atomic mass is 32.2. The van der Waals surface area contributed by atoms with Crippen molar-refractivity contribution in [2.45, 2.75) is 24.0 Å². The number of nitrogens with one attached hydrogen (secondary N) is 1. The van der Waals surface area contributed by atoms with E-state index in [4.69, 9.17) is 13.9 Å². The fraction of sp³-hybridized carbons (Fsp3) is 0.250. The molecule has 2 aromatic heterocycles. The topological polar surface area (TPSA) is 99.4 Å². The van der Waals surface area contributed by atoms with Crippen LogP contribution >= 0.6 is 23.1 Å². The molecular formula is C16H14N4O4S2. The van der Waals surface area contributed by atoms with Crippen LogP contribution in [0.5, 0.6) is 11.5 Å². The second kappa shape index (κ2) is 7.34. The quantitative estimate of drug-likeness (QED) is 0.663. The molecule has 10 heteroatoms. The van der Waals surface area contributed by atoms with E-state index in [-0.39, 0.29) is 5.91 Å². The number of nitrogens with zero attached hydrogens (tertiary/aromatic N) is 3. The molecule has 8 nitrogen and oxygen atoms in total. The molecule has 0 radical (unpaired) electrons. The monoisotopic (exact) mass is 390 g/mol. The minimum atomic E-state index is -0.433. The zero-order valence-corrected chi connectivity index (χ0v) is 15.3. The number of amides is 1. The molecule has 0 unspecified atom stereocenters. The summed E-state index contributed by atoms with van der Waals surface area (Å²) in [5, 5.41) is 13.6. The number of thiazole rings is 1. The van der Waals surface area contributed by atoms with Crippen molar-refractivity contribution >= 4 is 34.1 Å². The second-order valence-electron chi connectivity index (χ2n) is 5.38. The summed E-state index contributed by atoms with van der Waals surface area (Å²) in [5.74, 6) is 2.15. The minimum absolute atomic E-state index is 0.142. The molecule has 0 spiro atoms. The number of carbonyl (C=O) groups is 1. The van der Waals surface area contributed by atoms with Gasteiger partial charge in [0, 0.05) is 18.1 Å². The predicted octanol–water partition coefficient (Wildman–Crippen LogP) is 3.29. The molecule has 1 aliphatic heterocycles. The summed E-state index contributed by atoms with van der Waals surface area (Å²) in [4.78, 5) is 15.3. The lowest BCUT2D eigenvalue weighted by Crippen LogP contribution is -2.21. The van der Waals surface area contributed by atoms with E-state index in [0.29, 0.717) is 40.1 Å². The molecule has 0 saturated carbocycles. The van der Waals surface area contributed by atoms with Crippen molar-refractivity contribution in [2.75, 3.05) is 11.9 Å². The zero-order chi connectivity index (χ0) is 17.9. The number of fused-ring (bicyclic) bond motifs is 1. The Morgan fingerprint density at radius 2 is 2.19 bits per heavy atom. The van der Waals surface area contributed by atoms with Crippen molar-refractivity contribution in [1.29, 1.82) is 0 Å². The number of para-hydroxylation sites is 2. The predicted molar refractivity (Wildman–Crippen MR) is 95.6 cm³/mol. The van der Waals surface area contributed by atoms with E-state index in [1.807, 2.05) is 29.6 Å². The summed E-state index contributed by atoms with van der Waals surface area (Å²) in [5.41, 5.74) is 0.828. The molecular weight excluding hydrogens is 376 g/mol. The van der Waals surface area contributed by atoms with Crippen LogP contribution in [0.15, 0.2) is 39.3 Å². The van der Waals surface area contributed by atoms with Crippen LogP contribution in [-0.4, -0.2) is 27.7 Å². The first-order chi connectivity index (χ1) is 12.7. The van der Waals surface area contributed by atoms with Crippen molar-refractivity contribution in [1.82, 2.24) is 15.2 Å². The van der Waals surface area contributed by atoms with Gasteiger partial charge < -0.3 is 19.2 Å². The highest BCUT2D eigenvalue weighted by Crippen LogP contribution is 2.36. The van der Waals surface area contributed by atoms with Crippen LogP contribution in [0.3, 0.4) is 0 Å². The van der Waals surface area contributed by atoms with Crippen LogP contribution in [-0.2, 0) is 10.5 Å². The summed E-state index contributed by atoms with van der Waals surface area (Å²) in [6.45, 7) is 1.76. The molecule has 0 fully saturated rings. The SMILES string of the molecule is CC(=O)Nc1nc(CSc2nnc([C@H]3COc4ccccc4O3)o2)cs1. The van der Waals surface area contributed by atoms with Gasteiger partial charge >= 0.3 is 0 Å². The lowest BCUT2D eigenvalue weighted by Gasteiger charge is -2.23. The smallest absolute Gasteiger partial charge is 0.277 e. The molecule has 134 valence electrons. The molecule has 26 heavy (non-hydrogen) atoms. The molecule has 1 amide bonds. The molecule has 3 heterocycles. The second-order valence-corrected chi connectivity index (χ2v) is 7.17. The molecule has 0 aliphatic carbocycles. The number of benzene rings is 1. The average Bonchev–Trinajstić information content (AvgIpc) is 3.28. The van der Waals surface area contributed by atoms with Crippen molar-refractivity contribution in [3.63, 3.8) is 0 Å². The molecule has 0 bridgehead atoms. The van der Waals surface area contributed by atoms with Gasteiger partial charge in [-0.1, -0.05) is 23.9 Å². The fourth-order valence-corrected chi connectivity index (χ4v) is 3.79. The summed E-state index contributed by atoms with van der Waals surface area (Å²) in [6, 6.07) is 7.45. The van der Waals surface area contributed by atoms with Crippen LogP contribution in [0.25, 0.3) is 0 Å². The standard InChI is InChI=1S/C16H14N4O4S2/c1-9(21)17-15-18-10(7-25-15)8-26-16-20-19-14(24-16)13-6-22-11-4-2-3-5-12(11)23-13/h2-5,7,13H,6,8H2,1H3,(H,17,18,21)/t13-/m1/s1. The Labute approximate surface area is 156 Å². The maximum Gasteiger partial charge on any atom is 0.277 e. The Hall–Kier alpha value is -2.59. The van der Waals surface area contributed by atoms with Gasteiger partial charge in [0.15, 0.2) is 16.6 Å². The van der Waals surface area contributed by atoms with Crippen LogP contribution in [0.2, 0.25) is 0 Å². The number of carbonyl (C=O) groups excluding carboxylic acids is 1. The van der Waals surface area contributed by atoms with Gasteiger partial charge in [0.25, 0.3) is 11.1 Å². The first-order valence-electron chi connectivity index (χ1n) is 7.74. The maximum atomic E-state index is 11.0. The van der Waals surface area contributed by atoms with Gasteiger partial charge in [-0.15, -0.1) is 21.5 Å². The van der Waals surface area contributed by atoms with E-state index >= 15 is 0 Å². The van der Waals surface area contributed by atoms with Gasteiger partial charge in [-0.05, 0) is 12.1 Å². The lowest BCUT2D eigenvalue weighted by atomic mass is 10.2. The van der Waals surface area contributed by atoms with E-state index in [0.717, 1.165) is 5.69 Å². The first-order valence-corrected chi connectivity index (χ1v) is 9.60. The molecule has 1 N–H and O–H groups in total. The van der Waals surface area contributed by atoms with E-state index in [1.165, 1.54) is 30.0 Å². The number of ether oxygens (including phenoxy) is 2. The van der Waals surface area contributed by atoms with Crippen LogP contribution in [0.1, 0.15) is 24.6 Å². The molecule has 1 aromatic carbocycles. The van der Waals surface area contributed by atoms with Gasteiger partial charge in [-0.2, -0.15) is 0 Å². The average molecular weight is 390 g/mol. The third-order valence-electron chi connectivity index (χ3n) is 3.38. The van der Waals surface area contributed by atoms with E-state index in [2.05, 4.69) is 20.5 Å². The number of aromatic nitrogens is 3. The van der Waals surface area contributed by atoms with Gasteiger partial charge in [0.2, 0.25) is 12.0 Å². The van der Waals surface area contributed by atoms with Gasteiger partial charge in [-0.3, -0.25) is 4.79 Å². The minimum Gasteiger partial charge on any atom is -0.485 e. The molecule has 0 saturated heterocycles. The van der Waals surface area contributed by atoms with E-state index < -0.39 is 6.10 Å². The largest absolute Gasteiger partial charge is 0.485 e. The number of rotatable bonds is 5. The van der Waals surface area contributed by atoms with E-state index in [9.17, 15) is 4.79 Å². The van der Waals surface area contributed by atoms with Crippen LogP contribution in [0.4, 0.5) is 5.13 Å². The number of thioether (sulfide) groups is 1.